The normalized spacial score (nSPS) is 16.4. The van der Waals surface area contributed by atoms with Gasteiger partial charge in [0.2, 0.25) is 0 Å². The molecular weight excluding hydrogens is 144 g/mol. The van der Waals surface area contributed by atoms with Gasteiger partial charge in [0.15, 0.2) is 0 Å². The van der Waals surface area contributed by atoms with Crippen LogP contribution in [0.5, 0.6) is 0 Å². The van der Waals surface area contributed by atoms with Crippen LogP contribution in [-0.2, 0) is 0 Å². The Hall–Kier alpha value is -0.160. The van der Waals surface area contributed by atoms with Crippen molar-refractivity contribution in [3.63, 3.8) is 0 Å². The van der Waals surface area contributed by atoms with Gasteiger partial charge >= 0.3 is 0 Å². The first-order chi connectivity index (χ1) is 5.13. The van der Waals surface area contributed by atoms with E-state index >= 15 is 0 Å². The van der Waals surface area contributed by atoms with Crippen molar-refractivity contribution in [1.82, 2.24) is 10.6 Å². The highest BCUT2D eigenvalue weighted by atomic mass is 16.3. The summed E-state index contributed by atoms with van der Waals surface area (Å²) in [6, 6.07) is 0. The van der Waals surface area contributed by atoms with E-state index in [0.29, 0.717) is 19.8 Å². The van der Waals surface area contributed by atoms with E-state index < -0.39 is 0 Å². The van der Waals surface area contributed by atoms with Crippen molar-refractivity contribution < 1.29 is 10.2 Å². The highest BCUT2D eigenvalue weighted by Gasteiger charge is 1.94. The number of aliphatic hydroxyl groups is 2. The second kappa shape index (κ2) is 6.54. The van der Waals surface area contributed by atoms with Crippen LogP contribution < -0.4 is 10.6 Å². The number of hydrogen-bond acceptors (Lipinski definition) is 4. The molecule has 0 saturated heterocycles. The van der Waals surface area contributed by atoms with Crippen molar-refractivity contribution in [3.8, 4) is 0 Å². The lowest BCUT2D eigenvalue weighted by Gasteiger charge is -2.09. The smallest absolute Gasteiger partial charge is 0.0636 e. The monoisotopic (exact) mass is 162 g/mol. The summed E-state index contributed by atoms with van der Waals surface area (Å²) >= 11 is 0. The van der Waals surface area contributed by atoms with Crippen LogP contribution >= 0.6 is 0 Å². The molecule has 11 heavy (non-hydrogen) atoms. The molecule has 0 amide bonds. The van der Waals surface area contributed by atoms with Crippen LogP contribution in [-0.4, -0.2) is 42.2 Å². The molecule has 2 atom stereocenters. The molecular formula is C7H18N2O2. The van der Waals surface area contributed by atoms with Gasteiger partial charge in [-0.1, -0.05) is 0 Å². The Kier molecular flexibility index (Phi) is 6.45. The lowest BCUT2D eigenvalue weighted by atomic mass is 10.4. The second-order valence-corrected chi connectivity index (χ2v) is 2.78. The summed E-state index contributed by atoms with van der Waals surface area (Å²) in [7, 11) is 0. The Morgan fingerprint density at radius 3 is 1.64 bits per heavy atom. The summed E-state index contributed by atoms with van der Waals surface area (Å²) in [5.41, 5.74) is 0. The zero-order valence-corrected chi connectivity index (χ0v) is 7.17. The van der Waals surface area contributed by atoms with Crippen LogP contribution in [0.2, 0.25) is 0 Å². The van der Waals surface area contributed by atoms with Crippen LogP contribution in [0.3, 0.4) is 0 Å². The van der Waals surface area contributed by atoms with Gasteiger partial charge in [-0.25, -0.2) is 0 Å². The fourth-order valence-corrected chi connectivity index (χ4v) is 0.651. The quantitative estimate of drug-likeness (QED) is 0.295. The molecule has 0 fully saturated rings. The molecule has 0 aromatic carbocycles. The first kappa shape index (κ1) is 10.8. The van der Waals surface area contributed by atoms with Crippen LogP contribution in [0, 0.1) is 0 Å². The molecule has 68 valence electrons. The van der Waals surface area contributed by atoms with Gasteiger partial charge in [0.1, 0.15) is 0 Å². The molecule has 0 aromatic rings. The minimum Gasteiger partial charge on any atom is -0.392 e. The fraction of sp³-hybridized carbons (Fsp3) is 1.00. The van der Waals surface area contributed by atoms with Gasteiger partial charge < -0.3 is 20.8 Å². The van der Waals surface area contributed by atoms with E-state index in [9.17, 15) is 0 Å². The van der Waals surface area contributed by atoms with Crippen molar-refractivity contribution >= 4 is 0 Å². The van der Waals surface area contributed by atoms with Gasteiger partial charge in [-0.3, -0.25) is 0 Å². The lowest BCUT2D eigenvalue weighted by molar-refractivity contribution is 0.180. The van der Waals surface area contributed by atoms with E-state index in [-0.39, 0.29) is 12.2 Å². The highest BCUT2D eigenvalue weighted by molar-refractivity contribution is 4.54. The van der Waals surface area contributed by atoms with Gasteiger partial charge in [-0.05, 0) is 13.8 Å². The Bertz CT molecular complexity index is 76.5. The topological polar surface area (TPSA) is 64.5 Å². The molecule has 0 heterocycles. The highest BCUT2D eigenvalue weighted by Crippen LogP contribution is 1.74. The average molecular weight is 162 g/mol. The van der Waals surface area contributed by atoms with Crippen LogP contribution in [0.15, 0.2) is 0 Å². The van der Waals surface area contributed by atoms with E-state index in [0.717, 1.165) is 0 Å². The average Bonchev–Trinajstić information content (AvgIpc) is 1.85. The van der Waals surface area contributed by atoms with Crippen molar-refractivity contribution in [2.45, 2.75) is 26.1 Å². The molecule has 0 aliphatic rings. The van der Waals surface area contributed by atoms with E-state index in [1.807, 2.05) is 0 Å². The van der Waals surface area contributed by atoms with Crippen LogP contribution in [0.1, 0.15) is 13.8 Å². The van der Waals surface area contributed by atoms with Crippen LogP contribution in [0.25, 0.3) is 0 Å². The Morgan fingerprint density at radius 2 is 1.36 bits per heavy atom. The largest absolute Gasteiger partial charge is 0.392 e. The van der Waals surface area contributed by atoms with Crippen molar-refractivity contribution in [2.75, 3.05) is 19.8 Å². The number of aliphatic hydroxyl groups excluding tert-OH is 2. The summed E-state index contributed by atoms with van der Waals surface area (Å²) in [5.74, 6) is 0. The zero-order chi connectivity index (χ0) is 8.69. The fourth-order valence-electron chi connectivity index (χ4n) is 0.651. The summed E-state index contributed by atoms with van der Waals surface area (Å²) in [6.07, 6.45) is -0.633. The number of hydrogen-bond donors (Lipinski definition) is 4. The summed E-state index contributed by atoms with van der Waals surface area (Å²) in [4.78, 5) is 0. The predicted octanol–water partition coefficient (Wildman–Crippen LogP) is -1.12. The van der Waals surface area contributed by atoms with E-state index in [1.54, 1.807) is 13.8 Å². The molecule has 4 nitrogen and oxygen atoms in total. The maximum Gasteiger partial charge on any atom is 0.0636 e. The number of rotatable bonds is 6. The summed E-state index contributed by atoms with van der Waals surface area (Å²) in [5, 5.41) is 23.6. The zero-order valence-electron chi connectivity index (χ0n) is 7.17. The van der Waals surface area contributed by atoms with Gasteiger partial charge in [0.05, 0.1) is 12.2 Å². The van der Waals surface area contributed by atoms with Gasteiger partial charge in [0, 0.05) is 19.8 Å². The molecule has 4 heteroatoms. The third-order valence-electron chi connectivity index (χ3n) is 1.13. The predicted molar refractivity (Wildman–Crippen MR) is 44.2 cm³/mol. The van der Waals surface area contributed by atoms with Crippen molar-refractivity contribution in [3.05, 3.63) is 0 Å². The molecule has 0 radical (unpaired) electrons. The second-order valence-electron chi connectivity index (χ2n) is 2.78. The molecule has 0 bridgehead atoms. The number of nitrogens with one attached hydrogen (secondary N) is 2. The molecule has 0 aromatic heterocycles. The molecule has 0 saturated carbocycles. The lowest BCUT2D eigenvalue weighted by Crippen LogP contribution is -2.36. The van der Waals surface area contributed by atoms with Gasteiger partial charge in [0.25, 0.3) is 0 Å². The SMILES string of the molecule is CC(O)CNCNCC(C)O. The maximum atomic E-state index is 8.82. The van der Waals surface area contributed by atoms with Crippen molar-refractivity contribution in [1.29, 1.82) is 0 Å². The van der Waals surface area contributed by atoms with Crippen LogP contribution in [0.4, 0.5) is 0 Å². The first-order valence-electron chi connectivity index (χ1n) is 3.90. The maximum absolute atomic E-state index is 8.82. The third kappa shape index (κ3) is 9.84. The van der Waals surface area contributed by atoms with Gasteiger partial charge in [-0.15, -0.1) is 0 Å². The molecule has 0 rings (SSSR count). The van der Waals surface area contributed by atoms with E-state index in [1.165, 1.54) is 0 Å². The Balaban J connectivity index is 2.91. The first-order valence-corrected chi connectivity index (χ1v) is 3.90. The minimum absolute atomic E-state index is 0.316. The van der Waals surface area contributed by atoms with Crippen molar-refractivity contribution in [2.24, 2.45) is 0 Å². The van der Waals surface area contributed by atoms with E-state index in [2.05, 4.69) is 10.6 Å². The summed E-state index contributed by atoms with van der Waals surface area (Å²) in [6.45, 7) is 5.22. The van der Waals surface area contributed by atoms with E-state index in [4.69, 9.17) is 10.2 Å². The summed E-state index contributed by atoms with van der Waals surface area (Å²) < 4.78 is 0. The molecule has 0 aliphatic carbocycles. The minimum atomic E-state index is -0.316. The Labute approximate surface area is 67.6 Å². The molecule has 0 spiro atoms. The molecule has 2 unspecified atom stereocenters. The third-order valence-corrected chi connectivity index (χ3v) is 1.13. The van der Waals surface area contributed by atoms with Gasteiger partial charge in [-0.2, -0.15) is 0 Å². The molecule has 4 N–H and O–H groups in total. The Morgan fingerprint density at radius 1 is 1.00 bits per heavy atom. The molecule has 0 aliphatic heterocycles. The standard InChI is InChI=1S/C7H18N2O2/c1-6(10)3-8-5-9-4-7(2)11/h6-11H,3-5H2,1-2H3.